The molecule has 1 aromatic rings. The van der Waals surface area contributed by atoms with Crippen LogP contribution in [0.4, 0.5) is 0 Å². The molecule has 2 rings (SSSR count). The monoisotopic (exact) mass is 312 g/mol. The summed E-state index contributed by atoms with van der Waals surface area (Å²) in [5.74, 6) is -0.859. The molecular formula is C14H20N2O4S. The molecule has 116 valence electrons. The van der Waals surface area contributed by atoms with Crippen molar-refractivity contribution in [2.45, 2.75) is 32.6 Å². The van der Waals surface area contributed by atoms with Crippen LogP contribution in [0.1, 0.15) is 47.3 Å². The molecule has 6 nitrogen and oxygen atoms in total. The number of aromatic nitrogens is 1. The third kappa shape index (κ3) is 3.59. The van der Waals surface area contributed by atoms with Crippen molar-refractivity contribution in [2.75, 3.05) is 19.8 Å². The van der Waals surface area contributed by atoms with E-state index in [0.717, 1.165) is 5.01 Å². The third-order valence-electron chi connectivity index (χ3n) is 3.73. The van der Waals surface area contributed by atoms with Crippen molar-refractivity contribution in [1.29, 1.82) is 0 Å². The van der Waals surface area contributed by atoms with Crippen molar-refractivity contribution in [3.05, 3.63) is 16.1 Å². The van der Waals surface area contributed by atoms with E-state index in [-0.39, 0.29) is 18.4 Å². The highest BCUT2D eigenvalue weighted by Gasteiger charge is 2.40. The Bertz CT molecular complexity index is 521. The van der Waals surface area contributed by atoms with E-state index in [1.165, 1.54) is 11.3 Å². The molecule has 0 aliphatic carbocycles. The molecule has 0 radical (unpaired) electrons. The van der Waals surface area contributed by atoms with Gasteiger partial charge in [0, 0.05) is 25.7 Å². The van der Waals surface area contributed by atoms with Crippen molar-refractivity contribution < 1.29 is 19.4 Å². The van der Waals surface area contributed by atoms with E-state index in [4.69, 9.17) is 4.74 Å². The number of aliphatic carboxylic acids is 1. The summed E-state index contributed by atoms with van der Waals surface area (Å²) >= 11 is 1.35. The van der Waals surface area contributed by atoms with Crippen LogP contribution in [-0.2, 0) is 9.53 Å². The molecule has 0 unspecified atom stereocenters. The molecule has 2 N–H and O–H groups in total. The molecule has 1 aromatic heterocycles. The number of thiazole rings is 1. The third-order valence-corrected chi connectivity index (χ3v) is 5.03. The molecule has 1 saturated heterocycles. The number of nitrogens with one attached hydrogen (secondary N) is 1. The van der Waals surface area contributed by atoms with Crippen molar-refractivity contribution in [3.8, 4) is 0 Å². The quantitative estimate of drug-likeness (QED) is 0.866. The van der Waals surface area contributed by atoms with Gasteiger partial charge in [-0.3, -0.25) is 9.59 Å². The molecule has 21 heavy (non-hydrogen) atoms. The zero-order valence-electron chi connectivity index (χ0n) is 12.2. The maximum absolute atomic E-state index is 12.1. The summed E-state index contributed by atoms with van der Waals surface area (Å²) in [5.41, 5.74) is -0.917. The van der Waals surface area contributed by atoms with Gasteiger partial charge < -0.3 is 15.2 Å². The van der Waals surface area contributed by atoms with Crippen molar-refractivity contribution in [1.82, 2.24) is 10.3 Å². The number of hydrogen-bond acceptors (Lipinski definition) is 5. The van der Waals surface area contributed by atoms with Gasteiger partial charge in [-0.1, -0.05) is 13.8 Å². The number of carbonyl (C=O) groups excluding carboxylic acids is 1. The Morgan fingerprint density at radius 1 is 1.48 bits per heavy atom. The Kier molecular flexibility index (Phi) is 4.95. The lowest BCUT2D eigenvalue weighted by atomic mass is 9.80. The highest BCUT2D eigenvalue weighted by molar-refractivity contribution is 7.13. The van der Waals surface area contributed by atoms with E-state index in [2.05, 4.69) is 10.3 Å². The summed E-state index contributed by atoms with van der Waals surface area (Å²) in [6.07, 6.45) is 2.39. The Balaban J connectivity index is 1.99. The molecule has 2 heterocycles. The van der Waals surface area contributed by atoms with Crippen LogP contribution < -0.4 is 5.32 Å². The van der Waals surface area contributed by atoms with Gasteiger partial charge in [0.1, 0.15) is 4.88 Å². The minimum absolute atomic E-state index is 0.124. The van der Waals surface area contributed by atoms with Gasteiger partial charge >= 0.3 is 5.97 Å². The van der Waals surface area contributed by atoms with Gasteiger partial charge in [-0.2, -0.15) is 0 Å². The smallest absolute Gasteiger partial charge is 0.311 e. The molecule has 0 aromatic carbocycles. The SMILES string of the molecule is CC(C)c1ncc(C(=O)NCC2(C(=O)O)CCOCC2)s1. The molecule has 0 spiro atoms. The van der Waals surface area contributed by atoms with E-state index >= 15 is 0 Å². The Labute approximate surface area is 127 Å². The number of carboxylic acid groups (broad SMARTS) is 1. The van der Waals surface area contributed by atoms with E-state index in [0.29, 0.717) is 30.9 Å². The number of amides is 1. The number of nitrogens with zero attached hydrogens (tertiary/aromatic N) is 1. The minimum Gasteiger partial charge on any atom is -0.481 e. The van der Waals surface area contributed by atoms with Crippen LogP contribution in [-0.4, -0.2) is 41.7 Å². The van der Waals surface area contributed by atoms with Crippen molar-refractivity contribution in [2.24, 2.45) is 5.41 Å². The molecule has 0 atom stereocenters. The largest absolute Gasteiger partial charge is 0.481 e. The van der Waals surface area contributed by atoms with Gasteiger partial charge in [-0.15, -0.1) is 11.3 Å². The minimum atomic E-state index is -0.917. The van der Waals surface area contributed by atoms with Crippen LogP contribution in [0.3, 0.4) is 0 Å². The van der Waals surface area contributed by atoms with Gasteiger partial charge in [0.2, 0.25) is 0 Å². The van der Waals surface area contributed by atoms with Crippen LogP contribution >= 0.6 is 11.3 Å². The maximum Gasteiger partial charge on any atom is 0.311 e. The zero-order chi connectivity index (χ0) is 15.5. The first-order valence-electron chi connectivity index (χ1n) is 7.00. The first kappa shape index (κ1) is 15.9. The molecule has 1 fully saturated rings. The average Bonchev–Trinajstić information content (AvgIpc) is 2.95. The van der Waals surface area contributed by atoms with Crippen LogP contribution in [0.5, 0.6) is 0 Å². The van der Waals surface area contributed by atoms with Crippen LogP contribution in [0.25, 0.3) is 0 Å². The number of carboxylic acids is 1. The Morgan fingerprint density at radius 3 is 2.67 bits per heavy atom. The van der Waals surface area contributed by atoms with E-state index < -0.39 is 11.4 Å². The molecular weight excluding hydrogens is 292 g/mol. The maximum atomic E-state index is 12.1. The van der Waals surface area contributed by atoms with Crippen molar-refractivity contribution >= 4 is 23.2 Å². The highest BCUT2D eigenvalue weighted by Crippen LogP contribution is 2.30. The van der Waals surface area contributed by atoms with Gasteiger partial charge in [0.15, 0.2) is 0 Å². The normalized spacial score (nSPS) is 17.7. The Morgan fingerprint density at radius 2 is 2.14 bits per heavy atom. The van der Waals surface area contributed by atoms with E-state index in [1.54, 1.807) is 6.20 Å². The standard InChI is InChI=1S/C14H20N2O4S/c1-9(2)12-15-7-10(21-12)11(17)16-8-14(13(18)19)3-5-20-6-4-14/h7,9H,3-6,8H2,1-2H3,(H,16,17)(H,18,19). The summed E-state index contributed by atoms with van der Waals surface area (Å²) in [7, 11) is 0. The second-order valence-electron chi connectivity index (χ2n) is 5.60. The molecule has 0 bridgehead atoms. The van der Waals surface area contributed by atoms with Gasteiger partial charge in [0.25, 0.3) is 5.91 Å². The molecule has 0 saturated carbocycles. The first-order valence-corrected chi connectivity index (χ1v) is 7.81. The summed E-state index contributed by atoms with van der Waals surface area (Å²) in [5, 5.41) is 13.1. The predicted molar refractivity (Wildman–Crippen MR) is 78.7 cm³/mol. The van der Waals surface area contributed by atoms with E-state index in [9.17, 15) is 14.7 Å². The lowest BCUT2D eigenvalue weighted by Crippen LogP contribution is -2.46. The Hall–Kier alpha value is -1.47. The summed E-state index contributed by atoms with van der Waals surface area (Å²) in [4.78, 5) is 28.4. The summed E-state index contributed by atoms with van der Waals surface area (Å²) in [6, 6.07) is 0. The number of hydrogen-bond donors (Lipinski definition) is 2. The van der Waals surface area contributed by atoms with Crippen LogP contribution in [0, 0.1) is 5.41 Å². The number of ether oxygens (including phenoxy) is 1. The molecule has 1 aliphatic rings. The topological polar surface area (TPSA) is 88.5 Å². The predicted octanol–water partition coefficient (Wildman–Crippen LogP) is 1.88. The lowest BCUT2D eigenvalue weighted by Gasteiger charge is -2.33. The second-order valence-corrected chi connectivity index (χ2v) is 6.66. The lowest BCUT2D eigenvalue weighted by molar-refractivity contribution is -0.154. The highest BCUT2D eigenvalue weighted by atomic mass is 32.1. The van der Waals surface area contributed by atoms with Crippen LogP contribution in [0.2, 0.25) is 0 Å². The second kappa shape index (κ2) is 6.53. The van der Waals surface area contributed by atoms with E-state index in [1.807, 2.05) is 13.8 Å². The summed E-state index contributed by atoms with van der Waals surface area (Å²) < 4.78 is 5.21. The average molecular weight is 312 g/mol. The fourth-order valence-corrected chi connectivity index (χ4v) is 3.06. The molecule has 1 aliphatic heterocycles. The fourth-order valence-electron chi connectivity index (χ4n) is 2.22. The number of carbonyl (C=O) groups is 2. The van der Waals surface area contributed by atoms with Gasteiger partial charge in [0.05, 0.1) is 16.6 Å². The van der Waals surface area contributed by atoms with Gasteiger partial charge in [-0.25, -0.2) is 4.98 Å². The molecule has 1 amide bonds. The molecule has 7 heteroatoms. The summed E-state index contributed by atoms with van der Waals surface area (Å²) in [6.45, 7) is 4.99. The zero-order valence-corrected chi connectivity index (χ0v) is 13.0. The fraction of sp³-hybridized carbons (Fsp3) is 0.643. The number of rotatable bonds is 5. The first-order chi connectivity index (χ1) is 9.94. The van der Waals surface area contributed by atoms with Gasteiger partial charge in [-0.05, 0) is 12.8 Å². The van der Waals surface area contributed by atoms with Crippen LogP contribution in [0.15, 0.2) is 6.20 Å². The van der Waals surface area contributed by atoms with Crippen molar-refractivity contribution in [3.63, 3.8) is 0 Å².